The topological polar surface area (TPSA) is 50.2 Å². The highest BCUT2D eigenvalue weighted by atomic mass is 16.2. The summed E-state index contributed by atoms with van der Waals surface area (Å²) in [5, 5.41) is 8.64. The molecule has 0 spiro atoms. The Labute approximate surface area is 118 Å². The minimum atomic E-state index is -0.240. The number of nitrogens with zero attached hydrogens (tertiary/aromatic N) is 3. The van der Waals surface area contributed by atoms with Crippen LogP contribution in [0, 0.1) is 0 Å². The summed E-state index contributed by atoms with van der Waals surface area (Å²) >= 11 is 0. The van der Waals surface area contributed by atoms with Crippen molar-refractivity contribution in [2.75, 3.05) is 13.1 Å². The summed E-state index contributed by atoms with van der Waals surface area (Å²) in [6.07, 6.45) is 1.84. The standard InChI is InChI=1S/C15H20N4O/c1-10(2)19-7-6-16-14(15(19)20)11-4-5-13-12(8-11)9-17-18(13)3/h4-5,8-10,14,16H,6-7H2,1-3H3. The van der Waals surface area contributed by atoms with Gasteiger partial charge >= 0.3 is 0 Å². The second-order valence-corrected chi connectivity index (χ2v) is 5.60. The number of aromatic nitrogens is 2. The molecular weight excluding hydrogens is 252 g/mol. The van der Waals surface area contributed by atoms with Crippen molar-refractivity contribution in [1.29, 1.82) is 0 Å². The van der Waals surface area contributed by atoms with Crippen LogP contribution in [0.4, 0.5) is 0 Å². The maximum absolute atomic E-state index is 12.6. The van der Waals surface area contributed by atoms with Crippen molar-refractivity contribution >= 4 is 16.8 Å². The Hall–Kier alpha value is -1.88. The van der Waals surface area contributed by atoms with E-state index in [0.717, 1.165) is 29.6 Å². The van der Waals surface area contributed by atoms with Gasteiger partial charge in [-0.2, -0.15) is 5.10 Å². The largest absolute Gasteiger partial charge is 0.337 e. The number of piperazine rings is 1. The number of carbonyl (C=O) groups is 1. The van der Waals surface area contributed by atoms with Gasteiger partial charge in [0.15, 0.2) is 0 Å². The molecule has 20 heavy (non-hydrogen) atoms. The fraction of sp³-hybridized carbons (Fsp3) is 0.467. The number of aryl methyl sites for hydroxylation is 1. The lowest BCUT2D eigenvalue weighted by Crippen LogP contribution is -2.52. The zero-order valence-electron chi connectivity index (χ0n) is 12.1. The van der Waals surface area contributed by atoms with E-state index in [4.69, 9.17) is 0 Å². The van der Waals surface area contributed by atoms with Crippen LogP contribution in [0.5, 0.6) is 0 Å². The highest BCUT2D eigenvalue weighted by Crippen LogP contribution is 2.24. The summed E-state index contributed by atoms with van der Waals surface area (Å²) < 4.78 is 1.84. The van der Waals surface area contributed by atoms with E-state index >= 15 is 0 Å². The Kier molecular flexibility index (Phi) is 3.22. The number of nitrogens with one attached hydrogen (secondary N) is 1. The van der Waals surface area contributed by atoms with Crippen LogP contribution < -0.4 is 5.32 Å². The average molecular weight is 272 g/mol. The normalized spacial score (nSPS) is 20.1. The molecule has 2 heterocycles. The molecule has 106 valence electrons. The number of hydrogen-bond acceptors (Lipinski definition) is 3. The van der Waals surface area contributed by atoms with Crippen molar-refractivity contribution in [3.63, 3.8) is 0 Å². The molecule has 2 aromatic rings. The van der Waals surface area contributed by atoms with Gasteiger partial charge in [-0.15, -0.1) is 0 Å². The number of hydrogen-bond donors (Lipinski definition) is 1. The van der Waals surface area contributed by atoms with Crippen LogP contribution in [0.2, 0.25) is 0 Å². The molecular formula is C15H20N4O. The van der Waals surface area contributed by atoms with Crippen LogP contribution >= 0.6 is 0 Å². The number of rotatable bonds is 2. The van der Waals surface area contributed by atoms with E-state index in [-0.39, 0.29) is 18.0 Å². The van der Waals surface area contributed by atoms with Gasteiger partial charge in [0.2, 0.25) is 5.91 Å². The summed E-state index contributed by atoms with van der Waals surface area (Å²) in [5.74, 6) is 0.162. The van der Waals surface area contributed by atoms with Gasteiger partial charge in [0, 0.05) is 31.6 Å². The van der Waals surface area contributed by atoms with Gasteiger partial charge in [0.25, 0.3) is 0 Å². The van der Waals surface area contributed by atoms with Crippen LogP contribution in [-0.4, -0.2) is 39.7 Å². The molecule has 0 saturated carbocycles. The third-order valence-corrected chi connectivity index (χ3v) is 3.96. The monoisotopic (exact) mass is 272 g/mol. The van der Waals surface area contributed by atoms with Crippen LogP contribution in [-0.2, 0) is 11.8 Å². The van der Waals surface area contributed by atoms with E-state index in [9.17, 15) is 4.79 Å². The Balaban J connectivity index is 1.95. The average Bonchev–Trinajstić information content (AvgIpc) is 2.80. The molecule has 1 aromatic heterocycles. The van der Waals surface area contributed by atoms with Gasteiger partial charge < -0.3 is 10.2 Å². The summed E-state index contributed by atoms with van der Waals surface area (Å²) in [5.41, 5.74) is 2.10. The number of benzene rings is 1. The predicted molar refractivity (Wildman–Crippen MR) is 78.3 cm³/mol. The van der Waals surface area contributed by atoms with Gasteiger partial charge in [-0.05, 0) is 31.5 Å². The third-order valence-electron chi connectivity index (χ3n) is 3.96. The Morgan fingerprint density at radius 2 is 2.20 bits per heavy atom. The lowest BCUT2D eigenvalue weighted by molar-refractivity contribution is -0.137. The second-order valence-electron chi connectivity index (χ2n) is 5.60. The molecule has 1 amide bonds. The van der Waals surface area contributed by atoms with Gasteiger partial charge in [-0.1, -0.05) is 6.07 Å². The van der Waals surface area contributed by atoms with Crippen molar-refractivity contribution in [2.45, 2.75) is 25.9 Å². The SMILES string of the molecule is CC(C)N1CCNC(c2ccc3c(cnn3C)c2)C1=O. The van der Waals surface area contributed by atoms with Crippen LogP contribution in [0.1, 0.15) is 25.5 Å². The summed E-state index contributed by atoms with van der Waals surface area (Å²) in [4.78, 5) is 14.5. The van der Waals surface area contributed by atoms with Crippen molar-refractivity contribution < 1.29 is 4.79 Å². The summed E-state index contributed by atoms with van der Waals surface area (Å²) in [6.45, 7) is 5.73. The van der Waals surface area contributed by atoms with Gasteiger partial charge in [-0.25, -0.2) is 0 Å². The first-order chi connectivity index (χ1) is 9.58. The smallest absolute Gasteiger partial charge is 0.244 e. The number of carbonyl (C=O) groups excluding carboxylic acids is 1. The second kappa shape index (κ2) is 4.90. The van der Waals surface area contributed by atoms with E-state index in [1.54, 1.807) is 0 Å². The molecule has 1 atom stereocenters. The number of amides is 1. The quantitative estimate of drug-likeness (QED) is 0.900. The highest BCUT2D eigenvalue weighted by Gasteiger charge is 2.30. The molecule has 3 rings (SSSR count). The zero-order valence-corrected chi connectivity index (χ0v) is 12.1. The van der Waals surface area contributed by atoms with Gasteiger partial charge in [0.05, 0.1) is 11.7 Å². The van der Waals surface area contributed by atoms with Crippen molar-refractivity contribution in [2.24, 2.45) is 7.05 Å². The van der Waals surface area contributed by atoms with E-state index in [2.05, 4.69) is 30.3 Å². The number of fused-ring (bicyclic) bond motifs is 1. The summed E-state index contributed by atoms with van der Waals surface area (Å²) in [7, 11) is 1.92. The highest BCUT2D eigenvalue weighted by molar-refractivity contribution is 5.87. The predicted octanol–water partition coefficient (Wildman–Crippen LogP) is 1.45. The Bertz CT molecular complexity index is 646. The van der Waals surface area contributed by atoms with Crippen LogP contribution in [0.3, 0.4) is 0 Å². The first-order valence-corrected chi connectivity index (χ1v) is 7.03. The van der Waals surface area contributed by atoms with Crippen molar-refractivity contribution in [1.82, 2.24) is 20.0 Å². The molecule has 1 aliphatic heterocycles. The Morgan fingerprint density at radius 1 is 1.40 bits per heavy atom. The van der Waals surface area contributed by atoms with Crippen LogP contribution in [0.25, 0.3) is 10.9 Å². The first-order valence-electron chi connectivity index (χ1n) is 7.03. The van der Waals surface area contributed by atoms with Gasteiger partial charge in [-0.3, -0.25) is 9.48 Å². The molecule has 0 radical (unpaired) electrons. The van der Waals surface area contributed by atoms with Crippen molar-refractivity contribution in [3.05, 3.63) is 30.0 Å². The molecule has 0 bridgehead atoms. The molecule has 5 nitrogen and oxygen atoms in total. The summed E-state index contributed by atoms with van der Waals surface area (Å²) in [6, 6.07) is 6.11. The fourth-order valence-corrected chi connectivity index (χ4v) is 2.83. The van der Waals surface area contributed by atoms with Crippen LogP contribution in [0.15, 0.2) is 24.4 Å². The van der Waals surface area contributed by atoms with Crippen molar-refractivity contribution in [3.8, 4) is 0 Å². The molecule has 1 aliphatic rings. The molecule has 1 saturated heterocycles. The van der Waals surface area contributed by atoms with E-state index in [0.29, 0.717) is 0 Å². The molecule has 1 N–H and O–H groups in total. The molecule has 1 unspecified atom stereocenters. The minimum absolute atomic E-state index is 0.162. The lowest BCUT2D eigenvalue weighted by Gasteiger charge is -2.36. The molecule has 1 aromatic carbocycles. The maximum Gasteiger partial charge on any atom is 0.244 e. The zero-order chi connectivity index (χ0) is 14.3. The van der Waals surface area contributed by atoms with Gasteiger partial charge in [0.1, 0.15) is 6.04 Å². The maximum atomic E-state index is 12.6. The molecule has 1 fully saturated rings. The van der Waals surface area contributed by atoms with E-state index in [1.165, 1.54) is 0 Å². The fourth-order valence-electron chi connectivity index (χ4n) is 2.83. The molecule has 0 aliphatic carbocycles. The Morgan fingerprint density at radius 3 is 2.95 bits per heavy atom. The lowest BCUT2D eigenvalue weighted by atomic mass is 10.0. The third kappa shape index (κ3) is 2.08. The first kappa shape index (κ1) is 13.1. The molecule has 5 heteroatoms. The minimum Gasteiger partial charge on any atom is -0.337 e. The van der Waals surface area contributed by atoms with E-state index in [1.807, 2.05) is 35.0 Å². The van der Waals surface area contributed by atoms with E-state index < -0.39 is 0 Å².